The van der Waals surface area contributed by atoms with Crippen LogP contribution in [0.15, 0.2) is 40.9 Å². The molecule has 3 rings (SSSR count). The molecule has 1 fully saturated rings. The van der Waals surface area contributed by atoms with Crippen molar-refractivity contribution >= 4 is 17.6 Å². The molecule has 1 saturated carbocycles. The van der Waals surface area contributed by atoms with Crippen LogP contribution >= 0.6 is 0 Å². The van der Waals surface area contributed by atoms with Crippen LogP contribution < -0.4 is 11.1 Å². The van der Waals surface area contributed by atoms with E-state index in [2.05, 4.69) is 10.3 Å². The molecule has 5 radical (unpaired) electrons. The van der Waals surface area contributed by atoms with E-state index in [-0.39, 0.29) is 11.9 Å². The normalized spacial score (nSPS) is 21.8. The van der Waals surface area contributed by atoms with Gasteiger partial charge in [-0.25, -0.2) is 9.79 Å². The molecule has 0 amide bonds. The highest BCUT2D eigenvalue weighted by Crippen LogP contribution is 2.36. The van der Waals surface area contributed by atoms with Gasteiger partial charge in [0.25, 0.3) is 0 Å². The quantitative estimate of drug-likeness (QED) is 0.829. The zero-order chi connectivity index (χ0) is 16.2. The summed E-state index contributed by atoms with van der Waals surface area (Å²) >= 11 is 0. The van der Waals surface area contributed by atoms with Crippen molar-refractivity contribution in [1.82, 2.24) is 5.32 Å². The Morgan fingerprint density at radius 3 is 2.61 bits per heavy atom. The van der Waals surface area contributed by atoms with E-state index in [1.807, 2.05) is 56.0 Å². The third kappa shape index (κ3) is 3.23. The molecule has 0 spiro atoms. The van der Waals surface area contributed by atoms with Crippen molar-refractivity contribution in [2.24, 2.45) is 10.7 Å². The minimum absolute atomic E-state index is 0.281. The number of ether oxygens (including phenoxy) is 1. The predicted octanol–water partition coefficient (Wildman–Crippen LogP) is 1.65. The van der Waals surface area contributed by atoms with E-state index in [4.69, 9.17) is 10.5 Å². The summed E-state index contributed by atoms with van der Waals surface area (Å²) in [6.07, 6.45) is 7.67. The molecule has 5 heteroatoms. The van der Waals surface area contributed by atoms with Crippen molar-refractivity contribution < 1.29 is 9.53 Å². The van der Waals surface area contributed by atoms with Gasteiger partial charge < -0.3 is 15.8 Å². The number of aliphatic imine (C=N–C) groups is 1. The number of rotatable bonds is 4. The van der Waals surface area contributed by atoms with Crippen molar-refractivity contribution in [3.63, 3.8) is 0 Å². The summed E-state index contributed by atoms with van der Waals surface area (Å²) in [4.78, 5) is 17.0. The molecule has 1 unspecified atom stereocenters. The number of guanidine groups is 1. The molecule has 1 heterocycles. The lowest BCUT2D eigenvalue weighted by molar-refractivity contribution is -0.138. The van der Waals surface area contributed by atoms with Crippen molar-refractivity contribution in [2.75, 3.05) is 6.61 Å². The molecule has 0 aromatic heterocycles. The Labute approximate surface area is 136 Å². The van der Waals surface area contributed by atoms with E-state index in [0.29, 0.717) is 17.9 Å². The summed E-state index contributed by atoms with van der Waals surface area (Å²) in [7, 11) is 0. The van der Waals surface area contributed by atoms with Crippen LogP contribution in [0.1, 0.15) is 12.5 Å². The van der Waals surface area contributed by atoms with Crippen molar-refractivity contribution in [3.05, 3.63) is 73.1 Å². The molecule has 1 aromatic carbocycles. The first-order chi connectivity index (χ1) is 11.2. The van der Waals surface area contributed by atoms with Gasteiger partial charge in [-0.05, 0) is 38.2 Å². The van der Waals surface area contributed by atoms with E-state index < -0.39 is 6.04 Å². The molecule has 0 saturated heterocycles. The van der Waals surface area contributed by atoms with Crippen LogP contribution in [0, 0.1) is 31.6 Å². The Morgan fingerprint density at radius 2 is 1.96 bits per heavy atom. The topological polar surface area (TPSA) is 76.7 Å². The number of hydrogen-bond acceptors (Lipinski definition) is 5. The smallest absolute Gasteiger partial charge is 0.338 e. The first kappa shape index (κ1) is 15.6. The fourth-order valence-corrected chi connectivity index (χ4v) is 2.64. The number of carbonyl (C=O) groups excluding carboxylic acids is 1. The largest absolute Gasteiger partial charge is 0.463 e. The van der Waals surface area contributed by atoms with Gasteiger partial charge in [0.05, 0.1) is 23.9 Å². The second-order valence-corrected chi connectivity index (χ2v) is 5.14. The number of nitrogens with one attached hydrogen (secondary N) is 1. The number of carbonyl (C=O) groups is 1. The van der Waals surface area contributed by atoms with Crippen molar-refractivity contribution in [1.29, 1.82) is 0 Å². The molecule has 1 aliphatic heterocycles. The van der Waals surface area contributed by atoms with Crippen LogP contribution in [0.4, 0.5) is 0 Å². The molecule has 1 aromatic rings. The van der Waals surface area contributed by atoms with Gasteiger partial charge in [-0.2, -0.15) is 0 Å². The first-order valence-corrected chi connectivity index (χ1v) is 7.49. The summed E-state index contributed by atoms with van der Waals surface area (Å²) in [5.74, 6) is 0.801. The number of benzene rings is 1. The van der Waals surface area contributed by atoms with Gasteiger partial charge >= 0.3 is 5.97 Å². The molecular weight excluding hydrogens is 290 g/mol. The van der Waals surface area contributed by atoms with Crippen LogP contribution in [-0.2, 0) is 9.53 Å². The minimum Gasteiger partial charge on any atom is -0.463 e. The Hall–Kier alpha value is -2.30. The molecule has 1 aliphatic carbocycles. The van der Waals surface area contributed by atoms with E-state index in [0.717, 1.165) is 11.5 Å². The third-order valence-electron chi connectivity index (χ3n) is 3.63. The van der Waals surface area contributed by atoms with Gasteiger partial charge in [-0.1, -0.05) is 30.3 Å². The second kappa shape index (κ2) is 6.86. The maximum absolute atomic E-state index is 12.6. The van der Waals surface area contributed by atoms with Crippen LogP contribution in [0.5, 0.6) is 0 Å². The molecule has 5 nitrogen and oxygen atoms in total. The Balaban J connectivity index is 2.07. The average molecular weight is 308 g/mol. The van der Waals surface area contributed by atoms with E-state index >= 15 is 0 Å². The zero-order valence-electron chi connectivity index (χ0n) is 12.8. The van der Waals surface area contributed by atoms with E-state index in [9.17, 15) is 4.79 Å². The van der Waals surface area contributed by atoms with E-state index in [1.165, 1.54) is 0 Å². The number of esters is 1. The van der Waals surface area contributed by atoms with E-state index in [1.54, 1.807) is 6.92 Å². The highest BCUT2D eigenvalue weighted by Gasteiger charge is 2.37. The van der Waals surface area contributed by atoms with Crippen LogP contribution in [0.2, 0.25) is 0 Å². The van der Waals surface area contributed by atoms with Gasteiger partial charge in [0.1, 0.15) is 0 Å². The third-order valence-corrected chi connectivity index (χ3v) is 3.63. The lowest BCUT2D eigenvalue weighted by Crippen LogP contribution is -2.41. The SMILES string of the molecule is CCOC(=O)C1=C(c2ccccc2)NC(N)=NC1[C]1[CH][CH][CH][CH]1. The first-order valence-electron chi connectivity index (χ1n) is 7.49. The lowest BCUT2D eigenvalue weighted by atomic mass is 9.88. The molecular formula is C18H18N3O2. The van der Waals surface area contributed by atoms with Gasteiger partial charge in [-0.3, -0.25) is 0 Å². The highest BCUT2D eigenvalue weighted by molar-refractivity contribution is 6.05. The fourth-order valence-electron chi connectivity index (χ4n) is 2.64. The van der Waals surface area contributed by atoms with Crippen LogP contribution in [-0.4, -0.2) is 24.6 Å². The second-order valence-electron chi connectivity index (χ2n) is 5.14. The number of nitrogens with two attached hydrogens (primary N) is 1. The molecule has 117 valence electrons. The molecule has 0 bridgehead atoms. The molecule has 2 aliphatic rings. The maximum atomic E-state index is 12.6. The summed E-state index contributed by atoms with van der Waals surface area (Å²) in [6, 6.07) is 9.10. The minimum atomic E-state index is -0.472. The molecule has 1 atom stereocenters. The average Bonchev–Trinajstić information content (AvgIpc) is 3.09. The van der Waals surface area contributed by atoms with Gasteiger partial charge in [0.2, 0.25) is 0 Å². The number of hydrogen-bond donors (Lipinski definition) is 2. The summed E-state index contributed by atoms with van der Waals surface area (Å²) in [5, 5.41) is 3.02. The standard InChI is InChI=1S/C18H18N3O2/c1-2-23-17(22)14-15(12-8-4-3-5-9-12)20-18(19)21-16(14)13-10-6-7-11-13/h3-11,16H,2H2,1H3,(H3,19,20,21). The monoisotopic (exact) mass is 308 g/mol. The summed E-state index contributed by atoms with van der Waals surface area (Å²) in [5.41, 5.74) is 7.93. The highest BCUT2D eigenvalue weighted by atomic mass is 16.5. The van der Waals surface area contributed by atoms with Crippen LogP contribution in [0.3, 0.4) is 0 Å². The zero-order valence-corrected chi connectivity index (χ0v) is 12.8. The summed E-state index contributed by atoms with van der Waals surface area (Å²) < 4.78 is 5.25. The maximum Gasteiger partial charge on any atom is 0.338 e. The number of nitrogens with zero attached hydrogens (tertiary/aromatic N) is 1. The van der Waals surface area contributed by atoms with Gasteiger partial charge in [0.15, 0.2) is 5.96 Å². The molecule has 23 heavy (non-hydrogen) atoms. The van der Waals surface area contributed by atoms with Gasteiger partial charge in [0, 0.05) is 5.92 Å². The predicted molar refractivity (Wildman–Crippen MR) is 89.0 cm³/mol. The van der Waals surface area contributed by atoms with Gasteiger partial charge in [-0.15, -0.1) is 0 Å². The molecule has 3 N–H and O–H groups in total. The van der Waals surface area contributed by atoms with Crippen molar-refractivity contribution in [2.45, 2.75) is 13.0 Å². The lowest BCUT2D eigenvalue weighted by Gasteiger charge is -2.28. The summed E-state index contributed by atoms with van der Waals surface area (Å²) in [6.45, 7) is 2.09. The Morgan fingerprint density at radius 1 is 1.26 bits per heavy atom. The van der Waals surface area contributed by atoms with Crippen LogP contribution in [0.25, 0.3) is 5.70 Å². The fraction of sp³-hybridized carbons (Fsp3) is 0.167. The Kier molecular flexibility index (Phi) is 4.65. The Bertz CT molecular complexity index is 631. The van der Waals surface area contributed by atoms with Crippen molar-refractivity contribution in [3.8, 4) is 0 Å².